The minimum atomic E-state index is -0.0145. The van der Waals surface area contributed by atoms with Crippen molar-refractivity contribution < 1.29 is 9.53 Å². The maximum atomic E-state index is 12.4. The number of ether oxygens (including phenoxy) is 1. The van der Waals surface area contributed by atoms with Crippen molar-refractivity contribution in [3.8, 4) is 5.75 Å². The van der Waals surface area contributed by atoms with Gasteiger partial charge in [0.1, 0.15) is 17.9 Å². The maximum absolute atomic E-state index is 12.4. The van der Waals surface area contributed by atoms with Crippen LogP contribution in [0.25, 0.3) is 11.0 Å². The molecule has 0 radical (unpaired) electrons. The molecule has 1 aliphatic rings. The van der Waals surface area contributed by atoms with Gasteiger partial charge < -0.3 is 15.0 Å². The molecule has 0 unspecified atom stereocenters. The van der Waals surface area contributed by atoms with Gasteiger partial charge in [-0.2, -0.15) is 5.10 Å². The Morgan fingerprint density at radius 2 is 1.90 bits per heavy atom. The number of amides is 1. The summed E-state index contributed by atoms with van der Waals surface area (Å²) in [5.74, 6) is 1.69. The van der Waals surface area contributed by atoms with Gasteiger partial charge in [0.15, 0.2) is 5.65 Å². The molecule has 3 aromatic rings. The van der Waals surface area contributed by atoms with Crippen molar-refractivity contribution in [1.29, 1.82) is 0 Å². The van der Waals surface area contributed by atoms with Crippen molar-refractivity contribution in [2.45, 2.75) is 6.92 Å². The Labute approximate surface area is 169 Å². The lowest BCUT2D eigenvalue weighted by Gasteiger charge is -2.35. The van der Waals surface area contributed by atoms with Crippen molar-refractivity contribution in [3.63, 3.8) is 0 Å². The standard InChI is InChI=1S/C20H25N7O2/c1-3-29-16-6-4-15(5-7-16)24-18(28)13-26-8-10-27(11-9-26)20-17-12-23-25(2)19(17)21-14-22-20/h4-7,12,14H,3,8-11,13H2,1-2H3,(H,24,28). The molecule has 1 aliphatic heterocycles. The third-order valence-electron chi connectivity index (χ3n) is 5.00. The predicted molar refractivity (Wildman–Crippen MR) is 111 cm³/mol. The Hall–Kier alpha value is -3.20. The van der Waals surface area contributed by atoms with E-state index in [0.29, 0.717) is 13.2 Å². The minimum absolute atomic E-state index is 0.0145. The van der Waals surface area contributed by atoms with Crippen LogP contribution in [0.1, 0.15) is 6.92 Å². The first-order valence-electron chi connectivity index (χ1n) is 9.77. The van der Waals surface area contributed by atoms with Gasteiger partial charge in [-0.05, 0) is 31.2 Å². The average Bonchev–Trinajstić information content (AvgIpc) is 3.11. The molecule has 2 aromatic heterocycles. The van der Waals surface area contributed by atoms with E-state index in [4.69, 9.17) is 4.74 Å². The highest BCUT2D eigenvalue weighted by Gasteiger charge is 2.22. The van der Waals surface area contributed by atoms with Gasteiger partial charge >= 0.3 is 0 Å². The first kappa shape index (κ1) is 19.1. The highest BCUT2D eigenvalue weighted by Crippen LogP contribution is 2.23. The van der Waals surface area contributed by atoms with Gasteiger partial charge in [0.05, 0.1) is 24.7 Å². The number of fused-ring (bicyclic) bond motifs is 1. The Kier molecular flexibility index (Phi) is 5.57. The van der Waals surface area contributed by atoms with E-state index in [1.807, 2.05) is 38.2 Å². The summed E-state index contributed by atoms with van der Waals surface area (Å²) in [5.41, 5.74) is 1.60. The summed E-state index contributed by atoms with van der Waals surface area (Å²) in [4.78, 5) is 25.5. The van der Waals surface area contributed by atoms with E-state index in [1.54, 1.807) is 17.2 Å². The fraction of sp³-hybridized carbons (Fsp3) is 0.400. The summed E-state index contributed by atoms with van der Waals surface area (Å²) in [6.45, 7) is 6.13. The molecule has 29 heavy (non-hydrogen) atoms. The van der Waals surface area contributed by atoms with Gasteiger partial charge in [0.25, 0.3) is 0 Å². The first-order chi connectivity index (χ1) is 14.1. The zero-order valence-corrected chi connectivity index (χ0v) is 16.7. The number of piperazine rings is 1. The van der Waals surface area contributed by atoms with Gasteiger partial charge in [-0.25, -0.2) is 9.97 Å². The number of carbonyl (C=O) groups is 1. The fourth-order valence-corrected chi connectivity index (χ4v) is 3.52. The highest BCUT2D eigenvalue weighted by atomic mass is 16.5. The van der Waals surface area contributed by atoms with Gasteiger partial charge in [-0.15, -0.1) is 0 Å². The molecule has 9 nitrogen and oxygen atoms in total. The van der Waals surface area contributed by atoms with Crippen LogP contribution < -0.4 is 15.0 Å². The van der Waals surface area contributed by atoms with E-state index in [9.17, 15) is 4.79 Å². The number of rotatable bonds is 6. The molecule has 0 saturated carbocycles. The van der Waals surface area contributed by atoms with Crippen LogP contribution in [-0.4, -0.2) is 69.9 Å². The number of carbonyl (C=O) groups excluding carboxylic acids is 1. The zero-order chi connectivity index (χ0) is 20.2. The first-order valence-corrected chi connectivity index (χ1v) is 9.77. The second-order valence-corrected chi connectivity index (χ2v) is 6.97. The van der Waals surface area contributed by atoms with Crippen LogP contribution in [0.3, 0.4) is 0 Å². The molecule has 1 fully saturated rings. The van der Waals surface area contributed by atoms with Crippen LogP contribution in [0.15, 0.2) is 36.8 Å². The molecule has 1 saturated heterocycles. The van der Waals surface area contributed by atoms with Gasteiger partial charge in [-0.3, -0.25) is 14.4 Å². The number of hydrogen-bond acceptors (Lipinski definition) is 7. The van der Waals surface area contributed by atoms with Crippen LogP contribution in [0.4, 0.5) is 11.5 Å². The molecule has 0 bridgehead atoms. The lowest BCUT2D eigenvalue weighted by molar-refractivity contribution is -0.117. The van der Waals surface area contributed by atoms with Crippen LogP contribution in [-0.2, 0) is 11.8 Å². The average molecular weight is 395 g/mol. The molecular formula is C20H25N7O2. The molecule has 0 spiro atoms. The molecule has 0 atom stereocenters. The van der Waals surface area contributed by atoms with Crippen molar-refractivity contribution in [2.75, 3.05) is 49.5 Å². The largest absolute Gasteiger partial charge is 0.494 e. The molecule has 1 aromatic carbocycles. The maximum Gasteiger partial charge on any atom is 0.238 e. The van der Waals surface area contributed by atoms with E-state index in [0.717, 1.165) is 54.5 Å². The number of aromatic nitrogens is 4. The van der Waals surface area contributed by atoms with Crippen LogP contribution >= 0.6 is 0 Å². The topological polar surface area (TPSA) is 88.4 Å². The SMILES string of the molecule is CCOc1ccc(NC(=O)CN2CCN(c3ncnc4c3cnn4C)CC2)cc1. The molecule has 1 amide bonds. The van der Waals surface area contributed by atoms with Crippen molar-refractivity contribution in [3.05, 3.63) is 36.8 Å². The molecule has 152 valence electrons. The Morgan fingerprint density at radius 3 is 2.62 bits per heavy atom. The Morgan fingerprint density at radius 1 is 1.14 bits per heavy atom. The molecule has 0 aliphatic carbocycles. The molecule has 3 heterocycles. The monoisotopic (exact) mass is 395 g/mol. The summed E-state index contributed by atoms with van der Waals surface area (Å²) in [5, 5.41) is 8.18. The van der Waals surface area contributed by atoms with E-state index in [2.05, 4.69) is 30.2 Å². The van der Waals surface area contributed by atoms with Gasteiger partial charge in [0, 0.05) is 38.9 Å². The Balaban J connectivity index is 1.31. The van der Waals surface area contributed by atoms with E-state index in [1.165, 1.54) is 0 Å². The third kappa shape index (κ3) is 4.29. The quantitative estimate of drug-likeness (QED) is 0.677. The number of nitrogens with zero attached hydrogens (tertiary/aromatic N) is 6. The van der Waals surface area contributed by atoms with Crippen molar-refractivity contribution in [1.82, 2.24) is 24.6 Å². The smallest absolute Gasteiger partial charge is 0.238 e. The van der Waals surface area contributed by atoms with E-state index < -0.39 is 0 Å². The predicted octanol–water partition coefficient (Wildman–Crippen LogP) is 1.52. The van der Waals surface area contributed by atoms with Crippen LogP contribution in [0, 0.1) is 0 Å². The normalized spacial score (nSPS) is 14.9. The lowest BCUT2D eigenvalue weighted by Crippen LogP contribution is -2.49. The van der Waals surface area contributed by atoms with Crippen LogP contribution in [0.5, 0.6) is 5.75 Å². The third-order valence-corrected chi connectivity index (χ3v) is 5.00. The summed E-state index contributed by atoms with van der Waals surface area (Å²) in [6.07, 6.45) is 3.39. The summed E-state index contributed by atoms with van der Waals surface area (Å²) in [7, 11) is 1.88. The fourth-order valence-electron chi connectivity index (χ4n) is 3.52. The summed E-state index contributed by atoms with van der Waals surface area (Å²) >= 11 is 0. The highest BCUT2D eigenvalue weighted by molar-refractivity contribution is 5.92. The van der Waals surface area contributed by atoms with Gasteiger partial charge in [-0.1, -0.05) is 0 Å². The Bertz CT molecular complexity index is 978. The zero-order valence-electron chi connectivity index (χ0n) is 16.7. The van der Waals surface area contributed by atoms with Crippen molar-refractivity contribution >= 4 is 28.4 Å². The molecule has 9 heteroatoms. The lowest BCUT2D eigenvalue weighted by atomic mass is 10.2. The molecular weight excluding hydrogens is 370 g/mol. The van der Waals surface area contributed by atoms with E-state index >= 15 is 0 Å². The molecule has 1 N–H and O–H groups in total. The number of nitrogens with one attached hydrogen (secondary N) is 1. The summed E-state index contributed by atoms with van der Waals surface area (Å²) in [6, 6.07) is 7.43. The second-order valence-electron chi connectivity index (χ2n) is 6.97. The number of hydrogen-bond donors (Lipinski definition) is 1. The van der Waals surface area contributed by atoms with Crippen molar-refractivity contribution in [2.24, 2.45) is 7.05 Å². The van der Waals surface area contributed by atoms with E-state index in [-0.39, 0.29) is 5.91 Å². The molecule has 4 rings (SSSR count). The minimum Gasteiger partial charge on any atom is -0.494 e. The van der Waals surface area contributed by atoms with Gasteiger partial charge in [0.2, 0.25) is 5.91 Å². The number of aryl methyl sites for hydroxylation is 1. The van der Waals surface area contributed by atoms with Crippen LogP contribution in [0.2, 0.25) is 0 Å². The number of benzene rings is 1. The summed E-state index contributed by atoms with van der Waals surface area (Å²) < 4.78 is 7.17. The number of anilines is 2. The second kappa shape index (κ2) is 8.44.